The van der Waals surface area contributed by atoms with E-state index in [4.69, 9.17) is 8.83 Å². The molecule has 8 aromatic heterocycles. The fraction of sp³-hybridized carbons (Fsp3) is 0.333. The SMILES string of the molecule is Cc1c[nH]c(C)c1.Cc1ccc(C)[nH]1.Cc1ccc(C)nn1.Cc1ccc(C)o1.Cc1ccc(C)s1.Cc1cnc(C)nc1.Cc1coc(C)c1.Cc1csc(C)c1. The van der Waals surface area contributed by atoms with Crippen LogP contribution in [0.5, 0.6) is 0 Å². The molecule has 0 bridgehead atoms. The van der Waals surface area contributed by atoms with Crippen LogP contribution in [0.25, 0.3) is 0 Å². The molecule has 0 aliphatic rings. The first-order valence-corrected chi connectivity index (χ1v) is 20.9. The zero-order chi connectivity index (χ0) is 43.6. The van der Waals surface area contributed by atoms with Crippen LogP contribution in [0.15, 0.2) is 106 Å². The first-order chi connectivity index (χ1) is 27.3. The second-order valence-corrected chi connectivity index (χ2v) is 16.7. The van der Waals surface area contributed by atoms with Gasteiger partial charge < -0.3 is 18.8 Å². The molecule has 8 nitrogen and oxygen atoms in total. The van der Waals surface area contributed by atoms with Gasteiger partial charge in [0.1, 0.15) is 23.1 Å². The quantitative estimate of drug-likeness (QED) is 0.158. The van der Waals surface area contributed by atoms with Gasteiger partial charge in [-0.2, -0.15) is 10.2 Å². The van der Waals surface area contributed by atoms with E-state index in [1.807, 2.05) is 136 Å². The number of H-pyrrole nitrogens is 2. The number of nitrogens with one attached hydrogen (secondary N) is 2. The molecule has 0 atom stereocenters. The number of hydrogen-bond acceptors (Lipinski definition) is 8. The largest absolute Gasteiger partial charge is 0.469 e. The summed E-state index contributed by atoms with van der Waals surface area (Å²) in [5.41, 5.74) is 10.6. The Labute approximate surface area is 356 Å². The van der Waals surface area contributed by atoms with Crippen LogP contribution < -0.4 is 0 Å². The van der Waals surface area contributed by atoms with E-state index in [1.165, 1.54) is 48.4 Å². The van der Waals surface area contributed by atoms with Crippen molar-refractivity contribution < 1.29 is 8.83 Å². The number of aromatic amines is 2. The summed E-state index contributed by atoms with van der Waals surface area (Å²) >= 11 is 3.65. The van der Waals surface area contributed by atoms with Gasteiger partial charge in [0.05, 0.1) is 17.7 Å². The Morgan fingerprint density at radius 2 is 1.02 bits per heavy atom. The molecule has 0 spiro atoms. The van der Waals surface area contributed by atoms with Crippen LogP contribution in [-0.4, -0.2) is 30.1 Å². The van der Waals surface area contributed by atoms with Crippen molar-refractivity contribution in [1.29, 1.82) is 0 Å². The Hall–Kier alpha value is -5.32. The molecular weight excluding hydrogens is 757 g/mol. The summed E-state index contributed by atoms with van der Waals surface area (Å²) in [5, 5.41) is 9.82. The van der Waals surface area contributed by atoms with E-state index >= 15 is 0 Å². The van der Waals surface area contributed by atoms with Crippen LogP contribution in [0.4, 0.5) is 0 Å². The lowest BCUT2D eigenvalue weighted by Gasteiger charge is -1.88. The molecule has 0 fully saturated rings. The molecule has 0 amide bonds. The third-order valence-corrected chi connectivity index (χ3v) is 9.16. The van der Waals surface area contributed by atoms with Crippen molar-refractivity contribution in [2.75, 3.05) is 0 Å². The molecule has 312 valence electrons. The highest BCUT2D eigenvalue weighted by Gasteiger charge is 1.88. The summed E-state index contributed by atoms with van der Waals surface area (Å²) in [4.78, 5) is 18.3. The maximum atomic E-state index is 5.08. The number of nitrogens with zero attached hydrogens (tertiary/aromatic N) is 4. The Kier molecular flexibility index (Phi) is 24.6. The topological polar surface area (TPSA) is 109 Å². The first kappa shape index (κ1) is 50.7. The van der Waals surface area contributed by atoms with Gasteiger partial charge in [-0.3, -0.25) is 0 Å². The molecule has 0 aliphatic carbocycles. The van der Waals surface area contributed by atoms with Crippen LogP contribution in [0.3, 0.4) is 0 Å². The number of aryl methyl sites for hydroxylation is 16. The molecule has 8 heterocycles. The molecule has 8 aromatic rings. The summed E-state index contributed by atoms with van der Waals surface area (Å²) in [6.07, 6.45) is 7.36. The maximum Gasteiger partial charge on any atom is 0.125 e. The Morgan fingerprint density at radius 1 is 0.483 bits per heavy atom. The summed E-state index contributed by atoms with van der Waals surface area (Å²) in [7, 11) is 0. The Morgan fingerprint density at radius 3 is 1.21 bits per heavy atom. The highest BCUT2D eigenvalue weighted by molar-refractivity contribution is 7.11. The molecule has 0 aliphatic heterocycles. The predicted octanol–water partition coefficient (Wildman–Crippen LogP) is 14.0. The second-order valence-electron chi connectivity index (χ2n) is 14.1. The van der Waals surface area contributed by atoms with Gasteiger partial charge in [0, 0.05) is 50.3 Å². The van der Waals surface area contributed by atoms with E-state index in [0.29, 0.717) is 0 Å². The number of furan rings is 2. The Balaban J connectivity index is 0.000000332. The number of rotatable bonds is 0. The van der Waals surface area contributed by atoms with E-state index in [2.05, 4.69) is 107 Å². The monoisotopic (exact) mass is 822 g/mol. The average molecular weight is 823 g/mol. The smallest absolute Gasteiger partial charge is 0.125 e. The molecule has 0 unspecified atom stereocenters. The van der Waals surface area contributed by atoms with Crippen LogP contribution in [0.1, 0.15) is 88.5 Å². The minimum Gasteiger partial charge on any atom is -0.469 e. The van der Waals surface area contributed by atoms with Gasteiger partial charge in [-0.05, 0) is 205 Å². The minimum absolute atomic E-state index is 0.829. The maximum absolute atomic E-state index is 5.08. The third kappa shape index (κ3) is 26.5. The van der Waals surface area contributed by atoms with Gasteiger partial charge in [0.25, 0.3) is 0 Å². The van der Waals surface area contributed by atoms with Crippen molar-refractivity contribution in [2.24, 2.45) is 0 Å². The van der Waals surface area contributed by atoms with Crippen molar-refractivity contribution >= 4 is 22.7 Å². The van der Waals surface area contributed by atoms with E-state index < -0.39 is 0 Å². The molecule has 8 rings (SSSR count). The van der Waals surface area contributed by atoms with Crippen molar-refractivity contribution in [3.8, 4) is 0 Å². The predicted molar refractivity (Wildman–Crippen MR) is 247 cm³/mol. The fourth-order valence-corrected chi connectivity index (χ4v) is 5.96. The van der Waals surface area contributed by atoms with Crippen molar-refractivity contribution in [3.05, 3.63) is 185 Å². The zero-order valence-corrected chi connectivity index (χ0v) is 39.3. The lowest BCUT2D eigenvalue weighted by atomic mass is 10.4. The summed E-state index contributed by atoms with van der Waals surface area (Å²) in [6, 6.07) is 22.5. The highest BCUT2D eigenvalue weighted by Crippen LogP contribution is 2.12. The third-order valence-electron chi connectivity index (χ3n) is 7.26. The zero-order valence-electron chi connectivity index (χ0n) is 37.7. The van der Waals surface area contributed by atoms with Crippen molar-refractivity contribution in [2.45, 2.75) is 111 Å². The van der Waals surface area contributed by atoms with E-state index in [-0.39, 0.29) is 0 Å². The average Bonchev–Trinajstić information content (AvgIpc) is 4.04. The molecule has 0 aromatic carbocycles. The van der Waals surface area contributed by atoms with Crippen LogP contribution in [0, 0.1) is 111 Å². The van der Waals surface area contributed by atoms with E-state index in [9.17, 15) is 0 Å². The van der Waals surface area contributed by atoms with Gasteiger partial charge in [-0.15, -0.1) is 22.7 Å². The van der Waals surface area contributed by atoms with Gasteiger partial charge in [0.2, 0.25) is 0 Å². The Bertz CT molecular complexity index is 1730. The van der Waals surface area contributed by atoms with Gasteiger partial charge in [0.15, 0.2) is 0 Å². The standard InChI is InChI=1S/2C6H8N2.2C6H9N.2C6H8O.2C6H8S/c1-5-3-7-6(2)8-4-5;1-5-3-4-6(2)8-7-5;1-5-3-6(2)7-4-5;1-5-3-4-6(2)7-5;1-5-3-6(2)7-4-5;1-5-3-4-6(2)7-5;1-5-3-6(2)7-4-5;1-5-3-4-6(2)7-5/h2*3-4H,1-2H3;2*3-4,7H,1-2H3;4*3-4H,1-2H3. The molecule has 0 saturated carbocycles. The minimum atomic E-state index is 0.829. The van der Waals surface area contributed by atoms with E-state index in [0.717, 1.165) is 40.1 Å². The highest BCUT2D eigenvalue weighted by atomic mass is 32.1. The molecule has 58 heavy (non-hydrogen) atoms. The first-order valence-electron chi connectivity index (χ1n) is 19.2. The lowest BCUT2D eigenvalue weighted by molar-refractivity contribution is 0.504. The number of hydrogen-bond donors (Lipinski definition) is 2. The second kappa shape index (κ2) is 28.1. The van der Waals surface area contributed by atoms with Crippen molar-refractivity contribution in [3.63, 3.8) is 0 Å². The van der Waals surface area contributed by atoms with Gasteiger partial charge >= 0.3 is 0 Å². The molecular formula is C48H66N6O2S2. The fourth-order valence-electron chi connectivity index (χ4n) is 4.48. The normalized spacial score (nSPS) is 9.38. The molecule has 0 radical (unpaired) electrons. The summed E-state index contributed by atoms with van der Waals surface area (Å²) in [6.45, 7) is 32.2. The lowest BCUT2D eigenvalue weighted by Crippen LogP contribution is -1.86. The summed E-state index contributed by atoms with van der Waals surface area (Å²) in [5.74, 6) is 3.78. The van der Waals surface area contributed by atoms with Crippen molar-refractivity contribution in [1.82, 2.24) is 30.1 Å². The van der Waals surface area contributed by atoms with Crippen LogP contribution in [-0.2, 0) is 0 Å². The van der Waals surface area contributed by atoms with Gasteiger partial charge in [-0.25, -0.2) is 9.97 Å². The summed E-state index contributed by atoms with van der Waals surface area (Å²) < 4.78 is 10.0. The number of aromatic nitrogens is 6. The molecule has 0 saturated heterocycles. The number of thiophene rings is 2. The molecule has 2 N–H and O–H groups in total. The van der Waals surface area contributed by atoms with Gasteiger partial charge in [-0.1, -0.05) is 0 Å². The van der Waals surface area contributed by atoms with E-state index in [1.54, 1.807) is 17.6 Å². The van der Waals surface area contributed by atoms with Crippen LogP contribution >= 0.6 is 22.7 Å². The molecule has 10 heteroatoms. The van der Waals surface area contributed by atoms with Crippen LogP contribution in [0.2, 0.25) is 0 Å².